The van der Waals surface area contributed by atoms with Gasteiger partial charge >= 0.3 is 21.1 Å². The third-order valence-corrected chi connectivity index (χ3v) is 1.02. The summed E-state index contributed by atoms with van der Waals surface area (Å²) in [7, 11) is 0. The van der Waals surface area contributed by atoms with Crippen LogP contribution in [0, 0.1) is 6.92 Å². The number of rotatable bonds is 0. The van der Waals surface area contributed by atoms with E-state index >= 15 is 0 Å². The molecule has 1 aromatic carbocycles. The van der Waals surface area contributed by atoms with Gasteiger partial charge in [0.2, 0.25) is 0 Å². The van der Waals surface area contributed by atoms with E-state index in [-0.39, 0.29) is 21.1 Å². The Morgan fingerprint density at radius 1 is 1.22 bits per heavy atom. The SMILES string of the molecule is [CH2-]c1ccccc1[NH-].[W+2]. The Morgan fingerprint density at radius 2 is 1.78 bits per heavy atom. The first-order chi connectivity index (χ1) is 3.80. The smallest absolute Gasteiger partial charge is 0.756 e. The fourth-order valence-corrected chi connectivity index (χ4v) is 0.520. The molecule has 0 radical (unpaired) electrons. The van der Waals surface area contributed by atoms with Crippen molar-refractivity contribution in [3.05, 3.63) is 42.5 Å². The maximum atomic E-state index is 7.16. The average Bonchev–Trinajstić information content (AvgIpc) is 1.77. The topological polar surface area (TPSA) is 23.8 Å². The van der Waals surface area contributed by atoms with Crippen LogP contribution in [0.3, 0.4) is 0 Å². The van der Waals surface area contributed by atoms with Crippen molar-refractivity contribution in [1.29, 1.82) is 0 Å². The molecule has 0 saturated carbocycles. The first kappa shape index (κ1) is 8.58. The van der Waals surface area contributed by atoms with Crippen LogP contribution < -0.4 is 0 Å². The van der Waals surface area contributed by atoms with Crippen LogP contribution in [0.1, 0.15) is 5.56 Å². The standard InChI is InChI=1S/C7H7N.W/c1-6-4-2-3-5-7(6)8;/h2-5,8H,1H2;/q-2;+2. The Hall–Kier alpha value is -0.422. The molecule has 0 amide bonds. The van der Waals surface area contributed by atoms with Gasteiger partial charge in [0.05, 0.1) is 0 Å². The van der Waals surface area contributed by atoms with E-state index in [1.807, 2.05) is 18.2 Å². The van der Waals surface area contributed by atoms with E-state index in [0.29, 0.717) is 5.69 Å². The summed E-state index contributed by atoms with van der Waals surface area (Å²) in [4.78, 5) is 0. The third kappa shape index (κ3) is 2.11. The molecule has 0 aromatic heterocycles. The number of nitrogens with one attached hydrogen (secondary N) is 1. The fraction of sp³-hybridized carbons (Fsp3) is 0. The van der Waals surface area contributed by atoms with Gasteiger partial charge < -0.3 is 5.73 Å². The van der Waals surface area contributed by atoms with Crippen molar-refractivity contribution >= 4 is 5.69 Å². The molecule has 1 N–H and O–H groups in total. The van der Waals surface area contributed by atoms with Gasteiger partial charge in [0.15, 0.2) is 0 Å². The molecule has 0 spiro atoms. The molecule has 1 aromatic rings. The molecule has 0 aliphatic rings. The van der Waals surface area contributed by atoms with Crippen LogP contribution in [0.5, 0.6) is 0 Å². The summed E-state index contributed by atoms with van der Waals surface area (Å²) in [5.74, 6) is 0. The van der Waals surface area contributed by atoms with Crippen molar-refractivity contribution in [2.75, 3.05) is 0 Å². The minimum atomic E-state index is 0. The largest absolute Gasteiger partial charge is 2.00 e. The van der Waals surface area contributed by atoms with Crippen molar-refractivity contribution in [2.24, 2.45) is 0 Å². The number of hydrogen-bond acceptors (Lipinski definition) is 0. The first-order valence-corrected chi connectivity index (χ1v) is 2.43. The maximum absolute atomic E-state index is 7.16. The van der Waals surface area contributed by atoms with E-state index in [4.69, 9.17) is 5.73 Å². The molecule has 0 heterocycles. The molecule has 0 atom stereocenters. The molecular formula is C7H7NW. The number of hydrogen-bond donors (Lipinski definition) is 0. The summed E-state index contributed by atoms with van der Waals surface area (Å²) in [6.07, 6.45) is 0. The van der Waals surface area contributed by atoms with Crippen molar-refractivity contribution in [2.45, 2.75) is 0 Å². The second-order valence-corrected chi connectivity index (χ2v) is 1.66. The van der Waals surface area contributed by atoms with Gasteiger partial charge in [-0.2, -0.15) is 6.07 Å². The Morgan fingerprint density at radius 3 is 2.11 bits per heavy atom. The van der Waals surface area contributed by atoms with E-state index in [0.717, 1.165) is 5.56 Å². The summed E-state index contributed by atoms with van der Waals surface area (Å²) in [5, 5.41) is 0. The molecule has 0 fully saturated rings. The van der Waals surface area contributed by atoms with Gasteiger partial charge in [-0.1, -0.05) is 6.07 Å². The predicted octanol–water partition coefficient (Wildman–Crippen LogP) is 2.55. The fourth-order valence-electron chi connectivity index (χ4n) is 0.520. The second-order valence-electron chi connectivity index (χ2n) is 1.66. The van der Waals surface area contributed by atoms with Crippen LogP contribution >= 0.6 is 0 Å². The normalized spacial score (nSPS) is 8.00. The predicted molar refractivity (Wildman–Crippen MR) is 34.9 cm³/mol. The molecule has 0 aliphatic carbocycles. The maximum Gasteiger partial charge on any atom is 2.00 e. The molecule has 2 heteroatoms. The summed E-state index contributed by atoms with van der Waals surface area (Å²) >= 11 is 0. The number of benzene rings is 1. The third-order valence-electron chi connectivity index (χ3n) is 1.02. The van der Waals surface area contributed by atoms with Crippen molar-refractivity contribution in [3.63, 3.8) is 0 Å². The minimum Gasteiger partial charge on any atom is -0.756 e. The van der Waals surface area contributed by atoms with Crippen LogP contribution in [0.15, 0.2) is 24.3 Å². The Kier molecular flexibility index (Phi) is 3.41. The molecule has 0 bridgehead atoms. The average molecular weight is 289 g/mol. The molecule has 0 saturated heterocycles. The zero-order chi connectivity index (χ0) is 5.98. The Balaban J connectivity index is 0.000000640. The van der Waals surface area contributed by atoms with E-state index < -0.39 is 0 Å². The zero-order valence-electron chi connectivity index (χ0n) is 4.92. The van der Waals surface area contributed by atoms with Crippen molar-refractivity contribution in [3.8, 4) is 0 Å². The van der Waals surface area contributed by atoms with E-state index in [9.17, 15) is 0 Å². The van der Waals surface area contributed by atoms with Crippen molar-refractivity contribution in [1.82, 2.24) is 0 Å². The Labute approximate surface area is 69.5 Å². The first-order valence-electron chi connectivity index (χ1n) is 2.43. The molecule has 9 heavy (non-hydrogen) atoms. The summed E-state index contributed by atoms with van der Waals surface area (Å²) in [6.45, 7) is 3.63. The molecular weight excluding hydrogens is 282 g/mol. The summed E-state index contributed by atoms with van der Waals surface area (Å²) in [5.41, 5.74) is 8.45. The van der Waals surface area contributed by atoms with Crippen LogP contribution in [0.2, 0.25) is 0 Å². The van der Waals surface area contributed by atoms with Gasteiger partial charge in [0.1, 0.15) is 0 Å². The van der Waals surface area contributed by atoms with Crippen LogP contribution in [0.25, 0.3) is 5.73 Å². The molecule has 1 nitrogen and oxygen atoms in total. The quantitative estimate of drug-likeness (QED) is 0.655. The summed E-state index contributed by atoms with van der Waals surface area (Å²) < 4.78 is 0. The van der Waals surface area contributed by atoms with Gasteiger partial charge in [-0.15, -0.1) is 12.1 Å². The minimum absolute atomic E-state index is 0. The monoisotopic (exact) mass is 289 g/mol. The van der Waals surface area contributed by atoms with Gasteiger partial charge in [-0.3, -0.25) is 5.69 Å². The van der Waals surface area contributed by atoms with Gasteiger partial charge in [-0.05, 0) is 0 Å². The van der Waals surface area contributed by atoms with E-state index in [1.54, 1.807) is 6.07 Å². The van der Waals surface area contributed by atoms with Crippen molar-refractivity contribution < 1.29 is 21.1 Å². The zero-order valence-corrected chi connectivity index (χ0v) is 7.86. The van der Waals surface area contributed by atoms with Gasteiger partial charge in [0.25, 0.3) is 0 Å². The molecule has 0 unspecified atom stereocenters. The summed E-state index contributed by atoms with van der Waals surface area (Å²) in [6, 6.07) is 7.25. The van der Waals surface area contributed by atoms with Gasteiger partial charge in [-0.25, -0.2) is 12.5 Å². The molecule has 0 aliphatic heterocycles. The van der Waals surface area contributed by atoms with E-state index in [1.165, 1.54) is 0 Å². The van der Waals surface area contributed by atoms with E-state index in [2.05, 4.69) is 6.92 Å². The van der Waals surface area contributed by atoms with Crippen LogP contribution in [-0.4, -0.2) is 0 Å². The molecule has 46 valence electrons. The van der Waals surface area contributed by atoms with Crippen LogP contribution in [0.4, 0.5) is 5.69 Å². The Bertz CT molecular complexity index is 165. The van der Waals surface area contributed by atoms with Gasteiger partial charge in [0, 0.05) is 0 Å². The second kappa shape index (κ2) is 3.57. The molecule has 1 rings (SSSR count). The van der Waals surface area contributed by atoms with Crippen LogP contribution in [-0.2, 0) is 21.1 Å².